The van der Waals surface area contributed by atoms with E-state index in [9.17, 15) is 4.79 Å². The van der Waals surface area contributed by atoms with Gasteiger partial charge >= 0.3 is 0 Å². The molecule has 2 aromatic carbocycles. The Morgan fingerprint density at radius 1 is 1.19 bits per heavy atom. The van der Waals surface area contributed by atoms with E-state index in [0.29, 0.717) is 16.9 Å². The molecule has 1 aliphatic heterocycles. The van der Waals surface area contributed by atoms with E-state index in [4.69, 9.17) is 4.42 Å². The second-order valence-electron chi connectivity index (χ2n) is 9.18. The molecule has 1 unspecified atom stereocenters. The summed E-state index contributed by atoms with van der Waals surface area (Å²) in [4.78, 5) is 17.6. The molecule has 1 aliphatic carbocycles. The molecule has 4 aromatic rings. The van der Waals surface area contributed by atoms with E-state index >= 15 is 4.39 Å². The highest BCUT2D eigenvalue weighted by Crippen LogP contribution is 2.45. The molecule has 5 nitrogen and oxygen atoms in total. The van der Waals surface area contributed by atoms with Crippen molar-refractivity contribution in [2.75, 3.05) is 6.54 Å². The Morgan fingerprint density at radius 2 is 2.00 bits per heavy atom. The number of hydrogen-bond donors (Lipinski definition) is 1. The maximum absolute atomic E-state index is 15.3. The number of piperidine rings is 1. The summed E-state index contributed by atoms with van der Waals surface area (Å²) in [5.41, 5.74) is 4.01. The highest BCUT2D eigenvalue weighted by Gasteiger charge is 2.46. The summed E-state index contributed by atoms with van der Waals surface area (Å²) in [6.07, 6.45) is 6.00. The van der Waals surface area contributed by atoms with Gasteiger partial charge in [0.2, 0.25) is 0 Å². The quantitative estimate of drug-likeness (QED) is 0.497. The Bertz CT molecular complexity index is 1410. The van der Waals surface area contributed by atoms with E-state index in [-0.39, 0.29) is 22.5 Å². The molecular formula is C25H24FN3O2. The Labute approximate surface area is 178 Å². The summed E-state index contributed by atoms with van der Waals surface area (Å²) in [6, 6.07) is 9.21. The van der Waals surface area contributed by atoms with Crippen LogP contribution in [-0.4, -0.2) is 21.6 Å². The smallest absolute Gasteiger partial charge is 0.261 e. The predicted molar refractivity (Wildman–Crippen MR) is 119 cm³/mol. The Morgan fingerprint density at radius 3 is 2.81 bits per heavy atom. The van der Waals surface area contributed by atoms with Crippen molar-refractivity contribution in [2.45, 2.75) is 51.1 Å². The van der Waals surface area contributed by atoms with Gasteiger partial charge in [0.05, 0.1) is 5.39 Å². The number of oxazole rings is 1. The first kappa shape index (κ1) is 18.8. The van der Waals surface area contributed by atoms with E-state index in [1.165, 1.54) is 6.07 Å². The van der Waals surface area contributed by atoms with Gasteiger partial charge < -0.3 is 14.3 Å². The molecule has 1 atom stereocenters. The zero-order chi connectivity index (χ0) is 21.3. The molecule has 31 heavy (non-hydrogen) atoms. The van der Waals surface area contributed by atoms with Crippen LogP contribution in [-0.2, 0) is 0 Å². The number of aromatic nitrogens is 2. The number of benzene rings is 2. The fourth-order valence-electron chi connectivity index (χ4n) is 5.17. The first-order valence-electron chi connectivity index (χ1n) is 10.9. The van der Waals surface area contributed by atoms with E-state index in [2.05, 4.69) is 10.3 Å². The molecule has 158 valence electrons. The van der Waals surface area contributed by atoms with Gasteiger partial charge in [-0.25, -0.2) is 9.37 Å². The van der Waals surface area contributed by atoms with Gasteiger partial charge in [-0.15, -0.1) is 0 Å². The Kier molecular flexibility index (Phi) is 3.93. The SMILES string of the molecule is Cc1nc2c(C)cc(-c3cc(F)c4c(=O)n(C5CCNC6(CC6)C5)ccc4c3)cc2o1. The summed E-state index contributed by atoms with van der Waals surface area (Å²) in [5, 5.41) is 4.37. The molecule has 0 radical (unpaired) electrons. The maximum Gasteiger partial charge on any atom is 0.261 e. The van der Waals surface area contributed by atoms with Crippen molar-refractivity contribution < 1.29 is 8.81 Å². The predicted octanol–water partition coefficient (Wildman–Crippen LogP) is 5.02. The number of pyridine rings is 1. The minimum Gasteiger partial charge on any atom is -0.441 e. The van der Waals surface area contributed by atoms with Crippen LogP contribution in [0.5, 0.6) is 0 Å². The van der Waals surface area contributed by atoms with Crippen LogP contribution in [0.1, 0.15) is 43.2 Å². The molecule has 2 fully saturated rings. The Balaban J connectivity index is 1.45. The minimum absolute atomic E-state index is 0.125. The topological polar surface area (TPSA) is 60.1 Å². The maximum atomic E-state index is 15.3. The number of halogens is 1. The molecular weight excluding hydrogens is 393 g/mol. The molecule has 2 aromatic heterocycles. The van der Waals surface area contributed by atoms with Gasteiger partial charge in [-0.2, -0.15) is 0 Å². The molecule has 0 amide bonds. The first-order valence-corrected chi connectivity index (χ1v) is 10.9. The van der Waals surface area contributed by atoms with E-state index in [0.717, 1.165) is 54.4 Å². The van der Waals surface area contributed by atoms with Crippen molar-refractivity contribution in [3.63, 3.8) is 0 Å². The number of aryl methyl sites for hydroxylation is 2. The number of fused-ring (bicyclic) bond motifs is 2. The van der Waals surface area contributed by atoms with Crippen molar-refractivity contribution in [2.24, 2.45) is 0 Å². The summed E-state index contributed by atoms with van der Waals surface area (Å²) in [7, 11) is 0. The molecule has 2 aliphatic rings. The van der Waals surface area contributed by atoms with Crippen molar-refractivity contribution in [3.05, 3.63) is 64.2 Å². The third kappa shape index (κ3) is 3.00. The van der Waals surface area contributed by atoms with Crippen molar-refractivity contribution in [1.29, 1.82) is 0 Å². The van der Waals surface area contributed by atoms with Gasteiger partial charge in [-0.3, -0.25) is 4.79 Å². The van der Waals surface area contributed by atoms with Crippen LogP contribution in [0.25, 0.3) is 33.0 Å². The molecule has 1 saturated carbocycles. The number of hydrogen-bond acceptors (Lipinski definition) is 4. The first-order chi connectivity index (χ1) is 14.9. The van der Waals surface area contributed by atoms with Crippen LogP contribution in [0.15, 0.2) is 45.7 Å². The van der Waals surface area contributed by atoms with Gasteiger partial charge in [0, 0.05) is 24.7 Å². The van der Waals surface area contributed by atoms with Gasteiger partial charge in [-0.1, -0.05) is 0 Å². The van der Waals surface area contributed by atoms with Crippen LogP contribution in [0.4, 0.5) is 4.39 Å². The zero-order valence-electron chi connectivity index (χ0n) is 17.7. The van der Waals surface area contributed by atoms with Crippen LogP contribution < -0.4 is 10.9 Å². The molecule has 1 spiro atoms. The Hall–Kier alpha value is -2.99. The van der Waals surface area contributed by atoms with Gasteiger partial charge in [0.15, 0.2) is 11.5 Å². The average Bonchev–Trinajstić information content (AvgIpc) is 3.35. The monoisotopic (exact) mass is 417 g/mol. The lowest BCUT2D eigenvalue weighted by molar-refractivity contribution is 0.282. The molecule has 3 heterocycles. The lowest BCUT2D eigenvalue weighted by Gasteiger charge is -2.31. The molecule has 6 rings (SSSR count). The van der Waals surface area contributed by atoms with Crippen molar-refractivity contribution in [3.8, 4) is 11.1 Å². The summed E-state index contributed by atoms with van der Waals surface area (Å²) >= 11 is 0. The second kappa shape index (κ2) is 6.50. The van der Waals surface area contributed by atoms with Gasteiger partial charge in [0.1, 0.15) is 11.3 Å². The van der Waals surface area contributed by atoms with E-state index in [1.54, 1.807) is 4.57 Å². The second-order valence-corrected chi connectivity index (χ2v) is 9.18. The number of nitrogens with zero attached hydrogens (tertiary/aromatic N) is 2. The zero-order valence-corrected chi connectivity index (χ0v) is 17.7. The van der Waals surface area contributed by atoms with Crippen LogP contribution in [0, 0.1) is 19.7 Å². The lowest BCUT2D eigenvalue weighted by atomic mass is 9.96. The van der Waals surface area contributed by atoms with E-state index < -0.39 is 5.82 Å². The highest BCUT2D eigenvalue weighted by atomic mass is 19.1. The van der Waals surface area contributed by atoms with Gasteiger partial charge in [0.25, 0.3) is 5.56 Å². The number of nitrogens with one attached hydrogen (secondary N) is 1. The number of rotatable bonds is 2. The third-order valence-corrected chi connectivity index (χ3v) is 6.96. The van der Waals surface area contributed by atoms with Crippen LogP contribution >= 0.6 is 0 Å². The van der Waals surface area contributed by atoms with Crippen molar-refractivity contribution >= 4 is 21.9 Å². The minimum atomic E-state index is -0.478. The lowest BCUT2D eigenvalue weighted by Crippen LogP contribution is -2.42. The van der Waals surface area contributed by atoms with Crippen molar-refractivity contribution in [1.82, 2.24) is 14.9 Å². The fraction of sp³-hybridized carbons (Fsp3) is 0.360. The molecule has 1 saturated heterocycles. The highest BCUT2D eigenvalue weighted by molar-refractivity contribution is 5.90. The average molecular weight is 417 g/mol. The molecule has 1 N–H and O–H groups in total. The summed E-state index contributed by atoms with van der Waals surface area (Å²) in [5.74, 6) is 0.125. The summed E-state index contributed by atoms with van der Waals surface area (Å²) < 4.78 is 22.7. The van der Waals surface area contributed by atoms with Crippen LogP contribution in [0.2, 0.25) is 0 Å². The molecule has 6 heteroatoms. The standard InChI is InChI=1S/C25H24FN3O2/c1-14-9-17(12-21-23(14)28-15(2)31-21)18-10-16-4-8-29(24(30)22(16)20(26)11-18)19-3-7-27-25(13-19)5-6-25/h4,8-12,19,27H,3,5-7,13H2,1-2H3. The third-order valence-electron chi connectivity index (χ3n) is 6.96. The largest absolute Gasteiger partial charge is 0.441 e. The van der Waals surface area contributed by atoms with E-state index in [1.807, 2.05) is 44.3 Å². The van der Waals surface area contributed by atoms with Crippen LogP contribution in [0.3, 0.4) is 0 Å². The normalized spacial score (nSPS) is 20.0. The molecule has 0 bridgehead atoms. The summed E-state index contributed by atoms with van der Waals surface area (Å²) in [6.45, 7) is 4.68. The fourth-order valence-corrected chi connectivity index (χ4v) is 5.17. The van der Waals surface area contributed by atoms with Gasteiger partial charge in [-0.05, 0) is 91.6 Å².